The first-order chi connectivity index (χ1) is 8.99. The van der Waals surface area contributed by atoms with Crippen LogP contribution in [-0.2, 0) is 13.7 Å². The van der Waals surface area contributed by atoms with E-state index in [4.69, 9.17) is 16.3 Å². The molecule has 1 aromatic carbocycles. The Morgan fingerprint density at radius 3 is 2.47 bits per heavy atom. The van der Waals surface area contributed by atoms with Gasteiger partial charge in [-0.25, -0.2) is 0 Å². The van der Waals surface area contributed by atoms with E-state index in [1.165, 1.54) is 6.92 Å². The van der Waals surface area contributed by atoms with Gasteiger partial charge in [0.2, 0.25) is 0 Å². The minimum atomic E-state index is 0.0388. The number of Topliss-reactive ketones (excluding diaryl/α,β-unsaturated/α-hetero) is 1. The van der Waals surface area contributed by atoms with Gasteiger partial charge in [-0.15, -0.1) is 0 Å². The fourth-order valence-corrected chi connectivity index (χ4v) is 1.99. The molecule has 0 aliphatic carbocycles. The number of aryl methyl sites for hydroxylation is 2. The van der Waals surface area contributed by atoms with E-state index in [0.29, 0.717) is 22.9 Å². The number of aromatic nitrogens is 2. The fraction of sp³-hybridized carbons (Fsp3) is 0.286. The number of ketones is 1. The van der Waals surface area contributed by atoms with Gasteiger partial charge in [0.05, 0.1) is 16.4 Å². The second-order valence-corrected chi connectivity index (χ2v) is 4.72. The van der Waals surface area contributed by atoms with Crippen LogP contribution in [0.1, 0.15) is 28.7 Å². The molecule has 100 valence electrons. The third-order valence-electron chi connectivity index (χ3n) is 2.90. The Morgan fingerprint density at radius 1 is 1.37 bits per heavy atom. The van der Waals surface area contributed by atoms with Crippen molar-refractivity contribution in [2.75, 3.05) is 0 Å². The maximum Gasteiger partial charge on any atom is 0.159 e. The van der Waals surface area contributed by atoms with Crippen LogP contribution < -0.4 is 4.74 Å². The van der Waals surface area contributed by atoms with Crippen molar-refractivity contribution in [3.8, 4) is 5.75 Å². The van der Waals surface area contributed by atoms with Crippen LogP contribution in [0, 0.1) is 6.92 Å². The maximum absolute atomic E-state index is 11.2. The van der Waals surface area contributed by atoms with Gasteiger partial charge in [0.1, 0.15) is 12.4 Å². The Bertz CT molecular complexity index is 603. The lowest BCUT2D eigenvalue weighted by atomic mass is 10.1. The number of rotatable bonds is 4. The van der Waals surface area contributed by atoms with E-state index >= 15 is 0 Å². The number of halogens is 1. The molecule has 0 atom stereocenters. The lowest BCUT2D eigenvalue weighted by Crippen LogP contribution is -2.03. The highest BCUT2D eigenvalue weighted by molar-refractivity contribution is 6.31. The predicted octanol–water partition coefficient (Wildman–Crippen LogP) is 3.16. The van der Waals surface area contributed by atoms with Crippen LogP contribution in [0.3, 0.4) is 0 Å². The van der Waals surface area contributed by atoms with Gasteiger partial charge in [0.15, 0.2) is 5.78 Å². The third-order valence-corrected chi connectivity index (χ3v) is 3.39. The molecule has 2 aromatic rings. The molecule has 0 aliphatic rings. The summed E-state index contributed by atoms with van der Waals surface area (Å²) in [7, 11) is 1.83. The molecule has 1 heterocycles. The number of benzene rings is 1. The lowest BCUT2D eigenvalue weighted by molar-refractivity contribution is 0.101. The fourth-order valence-electron chi connectivity index (χ4n) is 1.77. The molecule has 2 rings (SSSR count). The number of hydrogen-bond acceptors (Lipinski definition) is 3. The van der Waals surface area contributed by atoms with Crippen LogP contribution in [0.25, 0.3) is 0 Å². The monoisotopic (exact) mass is 278 g/mol. The Balaban J connectivity index is 2.08. The summed E-state index contributed by atoms with van der Waals surface area (Å²) in [5.74, 6) is 0.733. The Hall–Kier alpha value is -1.81. The molecule has 0 radical (unpaired) electrons. The Labute approximate surface area is 116 Å². The van der Waals surface area contributed by atoms with Crippen LogP contribution in [0.4, 0.5) is 0 Å². The van der Waals surface area contributed by atoms with E-state index in [1.54, 1.807) is 28.9 Å². The molecule has 1 aromatic heterocycles. The van der Waals surface area contributed by atoms with Crippen LogP contribution in [0.5, 0.6) is 5.75 Å². The number of nitrogens with zero attached hydrogens (tertiary/aromatic N) is 2. The summed E-state index contributed by atoms with van der Waals surface area (Å²) in [6.07, 6.45) is 0. The first-order valence-electron chi connectivity index (χ1n) is 5.91. The normalized spacial score (nSPS) is 10.5. The molecule has 5 heteroatoms. The van der Waals surface area contributed by atoms with Gasteiger partial charge in [0.25, 0.3) is 0 Å². The zero-order valence-corrected chi connectivity index (χ0v) is 11.9. The van der Waals surface area contributed by atoms with Gasteiger partial charge in [0, 0.05) is 12.6 Å². The second-order valence-electron chi connectivity index (χ2n) is 4.34. The molecule has 4 nitrogen and oxygen atoms in total. The molecule has 0 spiro atoms. The van der Waals surface area contributed by atoms with Crippen LogP contribution in [-0.4, -0.2) is 15.6 Å². The van der Waals surface area contributed by atoms with Gasteiger partial charge in [-0.05, 0) is 38.1 Å². The predicted molar refractivity (Wildman–Crippen MR) is 73.7 cm³/mol. The van der Waals surface area contributed by atoms with E-state index in [1.807, 2.05) is 14.0 Å². The van der Waals surface area contributed by atoms with E-state index in [9.17, 15) is 4.79 Å². The van der Waals surface area contributed by atoms with Crippen LogP contribution in [0.15, 0.2) is 24.3 Å². The van der Waals surface area contributed by atoms with Crippen molar-refractivity contribution in [2.45, 2.75) is 20.5 Å². The lowest BCUT2D eigenvalue weighted by Gasteiger charge is -2.07. The topological polar surface area (TPSA) is 44.1 Å². The molecule has 0 amide bonds. The van der Waals surface area contributed by atoms with Gasteiger partial charge in [-0.1, -0.05) is 11.6 Å². The molecule has 0 saturated carbocycles. The van der Waals surface area contributed by atoms with Crippen molar-refractivity contribution in [3.63, 3.8) is 0 Å². The second kappa shape index (κ2) is 5.45. The van der Waals surface area contributed by atoms with Gasteiger partial charge in [-0.3, -0.25) is 9.48 Å². The first kappa shape index (κ1) is 13.6. The molecule has 0 fully saturated rings. The highest BCUT2D eigenvalue weighted by Crippen LogP contribution is 2.21. The largest absolute Gasteiger partial charge is 0.487 e. The molecular formula is C14H15ClN2O2. The molecule has 0 unspecified atom stereocenters. The quantitative estimate of drug-likeness (QED) is 0.807. The average Bonchev–Trinajstić information content (AvgIpc) is 2.62. The molecule has 0 aliphatic heterocycles. The summed E-state index contributed by atoms with van der Waals surface area (Å²) in [6.45, 7) is 3.73. The summed E-state index contributed by atoms with van der Waals surface area (Å²) >= 11 is 6.14. The number of carbonyl (C=O) groups excluding carboxylic acids is 1. The number of ether oxygens (including phenoxy) is 1. The number of carbonyl (C=O) groups is 1. The standard InChI is InChI=1S/C14H15ClN2O2/c1-9-14(15)13(17(3)16-9)8-19-12-6-4-11(5-7-12)10(2)18/h4-7H,8H2,1-3H3. The summed E-state index contributed by atoms with van der Waals surface area (Å²) in [5.41, 5.74) is 2.28. The van der Waals surface area contributed by atoms with Crippen LogP contribution >= 0.6 is 11.6 Å². The molecule has 0 saturated heterocycles. The van der Waals surface area contributed by atoms with Crippen molar-refractivity contribution < 1.29 is 9.53 Å². The SMILES string of the molecule is CC(=O)c1ccc(OCc2c(Cl)c(C)nn2C)cc1. The van der Waals surface area contributed by atoms with Crippen LogP contribution in [0.2, 0.25) is 5.02 Å². The summed E-state index contributed by atoms with van der Waals surface area (Å²) in [4.78, 5) is 11.2. The van der Waals surface area contributed by atoms with Gasteiger partial charge in [-0.2, -0.15) is 5.10 Å². The zero-order valence-electron chi connectivity index (χ0n) is 11.1. The van der Waals surface area contributed by atoms with Crippen molar-refractivity contribution >= 4 is 17.4 Å². The van der Waals surface area contributed by atoms with E-state index in [0.717, 1.165) is 11.4 Å². The molecular weight excluding hydrogens is 264 g/mol. The molecule has 0 bridgehead atoms. The minimum Gasteiger partial charge on any atom is -0.487 e. The Morgan fingerprint density at radius 2 is 2.00 bits per heavy atom. The van der Waals surface area contributed by atoms with Gasteiger partial charge < -0.3 is 4.74 Å². The van der Waals surface area contributed by atoms with E-state index in [2.05, 4.69) is 5.10 Å². The average molecular weight is 279 g/mol. The highest BCUT2D eigenvalue weighted by atomic mass is 35.5. The van der Waals surface area contributed by atoms with Crippen molar-refractivity contribution in [3.05, 3.63) is 46.2 Å². The summed E-state index contributed by atoms with van der Waals surface area (Å²) in [6, 6.07) is 7.03. The third kappa shape index (κ3) is 2.96. The maximum atomic E-state index is 11.2. The van der Waals surface area contributed by atoms with Crippen molar-refractivity contribution in [2.24, 2.45) is 7.05 Å². The van der Waals surface area contributed by atoms with E-state index < -0.39 is 0 Å². The highest BCUT2D eigenvalue weighted by Gasteiger charge is 2.11. The summed E-state index contributed by atoms with van der Waals surface area (Å²) < 4.78 is 7.36. The Kier molecular flexibility index (Phi) is 3.90. The first-order valence-corrected chi connectivity index (χ1v) is 6.28. The van der Waals surface area contributed by atoms with Crippen molar-refractivity contribution in [1.29, 1.82) is 0 Å². The molecule has 19 heavy (non-hydrogen) atoms. The van der Waals surface area contributed by atoms with Gasteiger partial charge >= 0.3 is 0 Å². The smallest absolute Gasteiger partial charge is 0.159 e. The van der Waals surface area contributed by atoms with E-state index in [-0.39, 0.29) is 5.78 Å². The molecule has 0 N–H and O–H groups in total. The summed E-state index contributed by atoms with van der Waals surface area (Å²) in [5, 5.41) is 4.85. The zero-order chi connectivity index (χ0) is 14.0. The number of hydrogen-bond donors (Lipinski definition) is 0. The van der Waals surface area contributed by atoms with Crippen molar-refractivity contribution in [1.82, 2.24) is 9.78 Å². The minimum absolute atomic E-state index is 0.0388.